The van der Waals surface area contributed by atoms with Crippen LogP contribution in [-0.4, -0.2) is 49.4 Å². The molecule has 0 unspecified atom stereocenters. The Balaban J connectivity index is 1.66. The van der Waals surface area contributed by atoms with Crippen molar-refractivity contribution >= 4 is 43.5 Å². The summed E-state index contributed by atoms with van der Waals surface area (Å²) in [5, 5.41) is 0. The summed E-state index contributed by atoms with van der Waals surface area (Å²) in [6, 6.07) is 9.85. The number of methoxy groups -OCH3 is 1. The maximum atomic E-state index is 13.0. The van der Waals surface area contributed by atoms with Gasteiger partial charge in [-0.05, 0) is 80.1 Å². The smallest absolute Gasteiger partial charge is 0.325 e. The molecule has 0 spiro atoms. The number of carbonyl (C=O) groups excluding carboxylic acids is 2. The third-order valence-electron chi connectivity index (χ3n) is 6.49. The van der Waals surface area contributed by atoms with E-state index in [1.165, 1.54) is 47.0 Å². The highest BCUT2D eigenvalue weighted by Gasteiger charge is 2.28. The zero-order chi connectivity index (χ0) is 25.3. The summed E-state index contributed by atoms with van der Waals surface area (Å²) in [4.78, 5) is 29.8. The number of ether oxygens (including phenoxy) is 1. The van der Waals surface area contributed by atoms with Gasteiger partial charge in [-0.1, -0.05) is 18.3 Å². The fraction of sp³-hybridized carbons (Fsp3) is 0.400. The van der Waals surface area contributed by atoms with Crippen LogP contribution in [0.3, 0.4) is 0 Å². The fourth-order valence-corrected chi connectivity index (χ4v) is 6.63. The van der Waals surface area contributed by atoms with E-state index in [4.69, 9.17) is 4.74 Å². The maximum absolute atomic E-state index is 13.0. The van der Waals surface area contributed by atoms with Crippen LogP contribution in [0, 0.1) is 19.8 Å². The Bertz CT molecular complexity index is 1440. The van der Waals surface area contributed by atoms with Crippen LogP contribution in [0.5, 0.6) is 0 Å². The molecular formula is C25H29N3O5S2. The molecule has 35 heavy (non-hydrogen) atoms. The van der Waals surface area contributed by atoms with Crippen molar-refractivity contribution in [3.63, 3.8) is 0 Å². The number of esters is 1. The van der Waals surface area contributed by atoms with Gasteiger partial charge in [-0.25, -0.2) is 8.42 Å². The van der Waals surface area contributed by atoms with Crippen LogP contribution in [0.25, 0.3) is 10.2 Å². The number of aromatic nitrogens is 1. The zero-order valence-corrected chi connectivity index (χ0v) is 21.9. The molecule has 8 nitrogen and oxygen atoms in total. The summed E-state index contributed by atoms with van der Waals surface area (Å²) in [7, 11) is -2.28. The third-order valence-corrected chi connectivity index (χ3v) is 9.45. The van der Waals surface area contributed by atoms with Crippen LogP contribution < -0.4 is 4.80 Å². The SMILES string of the molecule is COC(=O)Cn1c(=NC(=O)c2ccc(S(=O)(=O)N3CCC(C)CC3)cc2)sc2cc(C)c(C)cc21. The van der Waals surface area contributed by atoms with Crippen LogP contribution in [0.1, 0.15) is 41.3 Å². The van der Waals surface area contributed by atoms with E-state index in [1.807, 2.05) is 26.0 Å². The summed E-state index contributed by atoms with van der Waals surface area (Å²) >= 11 is 1.31. The van der Waals surface area contributed by atoms with Crippen LogP contribution in [0.2, 0.25) is 0 Å². The van der Waals surface area contributed by atoms with E-state index < -0.39 is 21.9 Å². The largest absolute Gasteiger partial charge is 0.468 e. The summed E-state index contributed by atoms with van der Waals surface area (Å²) in [6.07, 6.45) is 1.68. The lowest BCUT2D eigenvalue weighted by Gasteiger charge is -2.29. The van der Waals surface area contributed by atoms with Gasteiger partial charge >= 0.3 is 5.97 Å². The highest BCUT2D eigenvalue weighted by molar-refractivity contribution is 7.89. The number of carbonyl (C=O) groups is 2. The van der Waals surface area contributed by atoms with Gasteiger partial charge in [0.05, 0.1) is 22.2 Å². The molecule has 0 bridgehead atoms. The van der Waals surface area contributed by atoms with Gasteiger partial charge in [0.2, 0.25) is 10.0 Å². The number of sulfonamides is 1. The first-order valence-electron chi connectivity index (χ1n) is 11.5. The van der Waals surface area contributed by atoms with Crippen molar-refractivity contribution in [3.8, 4) is 0 Å². The van der Waals surface area contributed by atoms with Crippen molar-refractivity contribution in [3.05, 3.63) is 57.9 Å². The minimum absolute atomic E-state index is 0.0727. The number of amides is 1. The second-order valence-corrected chi connectivity index (χ2v) is 11.9. The molecule has 3 aromatic rings. The normalized spacial score (nSPS) is 16.1. The molecule has 1 amide bonds. The van der Waals surface area contributed by atoms with E-state index in [0.717, 1.165) is 34.2 Å². The van der Waals surface area contributed by atoms with Crippen LogP contribution in [0.4, 0.5) is 0 Å². The molecule has 2 aromatic carbocycles. The van der Waals surface area contributed by atoms with Crippen LogP contribution in [-0.2, 0) is 26.1 Å². The van der Waals surface area contributed by atoms with Crippen LogP contribution >= 0.6 is 11.3 Å². The summed E-state index contributed by atoms with van der Waals surface area (Å²) in [5.74, 6) is -0.440. The Morgan fingerprint density at radius 2 is 1.71 bits per heavy atom. The summed E-state index contributed by atoms with van der Waals surface area (Å²) in [5.41, 5.74) is 3.23. The predicted molar refractivity (Wildman–Crippen MR) is 135 cm³/mol. The molecule has 186 valence electrons. The van der Waals surface area contributed by atoms with Gasteiger partial charge in [-0.3, -0.25) is 9.59 Å². The molecular weight excluding hydrogens is 486 g/mol. The molecule has 4 rings (SSSR count). The molecule has 0 aliphatic carbocycles. The third kappa shape index (κ3) is 5.24. The number of benzene rings is 2. The molecule has 1 fully saturated rings. The number of rotatable bonds is 5. The topological polar surface area (TPSA) is 98.0 Å². The Morgan fingerprint density at radius 3 is 2.34 bits per heavy atom. The molecule has 1 aliphatic heterocycles. The molecule has 10 heteroatoms. The van der Waals surface area contributed by atoms with Crippen molar-refractivity contribution in [2.24, 2.45) is 10.9 Å². The quantitative estimate of drug-likeness (QED) is 0.483. The van der Waals surface area contributed by atoms with Gasteiger partial charge in [0.15, 0.2) is 4.80 Å². The number of thiazole rings is 1. The number of hydrogen-bond donors (Lipinski definition) is 0. The van der Waals surface area contributed by atoms with Crippen LogP contribution in [0.15, 0.2) is 46.3 Å². The van der Waals surface area contributed by atoms with Gasteiger partial charge in [0.1, 0.15) is 6.54 Å². The fourth-order valence-electron chi connectivity index (χ4n) is 4.05. The lowest BCUT2D eigenvalue weighted by Crippen LogP contribution is -2.37. The van der Waals surface area contributed by atoms with Gasteiger partial charge in [-0.15, -0.1) is 0 Å². The van der Waals surface area contributed by atoms with E-state index in [0.29, 0.717) is 23.8 Å². The number of piperidine rings is 1. The summed E-state index contributed by atoms with van der Waals surface area (Å²) in [6.45, 7) is 7.05. The molecule has 0 N–H and O–H groups in total. The molecule has 1 aromatic heterocycles. The number of hydrogen-bond acceptors (Lipinski definition) is 6. The van der Waals surface area contributed by atoms with Gasteiger partial charge in [0.25, 0.3) is 5.91 Å². The van der Waals surface area contributed by atoms with E-state index in [9.17, 15) is 18.0 Å². The van der Waals surface area contributed by atoms with Gasteiger partial charge in [-0.2, -0.15) is 9.30 Å². The second kappa shape index (κ2) is 10.0. The average molecular weight is 516 g/mol. The molecule has 2 heterocycles. The number of aryl methyl sites for hydroxylation is 2. The zero-order valence-electron chi connectivity index (χ0n) is 20.3. The van der Waals surface area contributed by atoms with Gasteiger partial charge < -0.3 is 9.30 Å². The predicted octanol–water partition coefficient (Wildman–Crippen LogP) is 3.65. The monoisotopic (exact) mass is 515 g/mol. The first-order chi connectivity index (χ1) is 16.6. The molecule has 0 atom stereocenters. The Labute approximate surface area is 208 Å². The second-order valence-electron chi connectivity index (χ2n) is 8.98. The minimum Gasteiger partial charge on any atom is -0.468 e. The average Bonchev–Trinajstić information content (AvgIpc) is 3.15. The van der Waals surface area contributed by atoms with Crippen molar-refractivity contribution in [2.75, 3.05) is 20.2 Å². The van der Waals surface area contributed by atoms with E-state index in [-0.39, 0.29) is 17.0 Å². The Hall–Kier alpha value is -2.82. The van der Waals surface area contributed by atoms with Crippen molar-refractivity contribution in [2.45, 2.75) is 45.1 Å². The summed E-state index contributed by atoms with van der Waals surface area (Å²) < 4.78 is 34.8. The minimum atomic E-state index is -3.60. The molecule has 0 radical (unpaired) electrons. The number of fused-ring (bicyclic) bond motifs is 1. The molecule has 0 saturated carbocycles. The first kappa shape index (κ1) is 25.3. The lowest BCUT2D eigenvalue weighted by molar-refractivity contribution is -0.141. The van der Waals surface area contributed by atoms with Crippen molar-refractivity contribution in [1.29, 1.82) is 0 Å². The van der Waals surface area contributed by atoms with Crippen molar-refractivity contribution in [1.82, 2.24) is 8.87 Å². The standard InChI is InChI=1S/C25H29N3O5S2/c1-16-9-11-27(12-10-16)35(31,32)20-7-5-19(6-8-20)24(30)26-25-28(15-23(29)33-4)21-13-17(2)18(3)14-22(21)34-25/h5-8,13-14,16H,9-12,15H2,1-4H3. The van der Waals surface area contributed by atoms with E-state index in [1.54, 1.807) is 4.57 Å². The van der Waals surface area contributed by atoms with Gasteiger partial charge in [0, 0.05) is 18.7 Å². The maximum Gasteiger partial charge on any atom is 0.325 e. The molecule has 1 aliphatic rings. The Kier molecular flexibility index (Phi) is 7.25. The van der Waals surface area contributed by atoms with E-state index in [2.05, 4.69) is 11.9 Å². The van der Waals surface area contributed by atoms with E-state index >= 15 is 0 Å². The Morgan fingerprint density at radius 1 is 1.09 bits per heavy atom. The lowest BCUT2D eigenvalue weighted by atomic mass is 10.0. The highest BCUT2D eigenvalue weighted by atomic mass is 32.2. The highest BCUT2D eigenvalue weighted by Crippen LogP contribution is 2.24. The number of nitrogens with zero attached hydrogens (tertiary/aromatic N) is 3. The first-order valence-corrected chi connectivity index (χ1v) is 13.7. The van der Waals surface area contributed by atoms with Crippen molar-refractivity contribution < 1.29 is 22.7 Å². The molecule has 1 saturated heterocycles.